The molecule has 1 saturated heterocycles. The van der Waals surface area contributed by atoms with Gasteiger partial charge in [-0.2, -0.15) is 4.31 Å². The Hall–Kier alpha value is -0.620. The van der Waals surface area contributed by atoms with Crippen LogP contribution in [0.15, 0.2) is 23.1 Å². The predicted molar refractivity (Wildman–Crippen MR) is 81.3 cm³/mol. The molecule has 0 amide bonds. The highest BCUT2D eigenvalue weighted by Crippen LogP contribution is 2.29. The molecule has 112 valence electrons. The summed E-state index contributed by atoms with van der Waals surface area (Å²) in [7, 11) is -3.49. The zero-order valence-electron chi connectivity index (χ0n) is 11.8. The summed E-state index contributed by atoms with van der Waals surface area (Å²) in [5.74, 6) is 0.685. The number of piperidine rings is 1. The van der Waals surface area contributed by atoms with Gasteiger partial charge in [0.2, 0.25) is 10.0 Å². The Morgan fingerprint density at radius 3 is 2.80 bits per heavy atom. The van der Waals surface area contributed by atoms with E-state index in [0.29, 0.717) is 35.5 Å². The molecule has 2 rings (SSSR count). The fourth-order valence-electron chi connectivity index (χ4n) is 2.63. The van der Waals surface area contributed by atoms with Crippen LogP contribution in [0.4, 0.5) is 0 Å². The minimum Gasteiger partial charge on any atom is -0.330 e. The van der Waals surface area contributed by atoms with Crippen LogP contribution in [0.3, 0.4) is 0 Å². The Labute approximate surface area is 126 Å². The molecule has 0 spiro atoms. The molecule has 0 saturated carbocycles. The largest absolute Gasteiger partial charge is 0.330 e. The SMILES string of the molecule is Cc1ccc(Cl)cc1S(=O)(=O)N1CCC(C)C(CN)C1. The lowest BCUT2D eigenvalue weighted by Crippen LogP contribution is -2.45. The third-order valence-corrected chi connectivity index (χ3v) is 6.39. The molecular weight excluding hydrogens is 296 g/mol. The van der Waals surface area contributed by atoms with Crippen LogP contribution >= 0.6 is 11.6 Å². The normalized spacial score (nSPS) is 24.8. The van der Waals surface area contributed by atoms with Gasteiger partial charge in [-0.1, -0.05) is 24.6 Å². The monoisotopic (exact) mass is 316 g/mol. The van der Waals surface area contributed by atoms with E-state index >= 15 is 0 Å². The highest BCUT2D eigenvalue weighted by molar-refractivity contribution is 7.89. The van der Waals surface area contributed by atoms with E-state index in [0.717, 1.165) is 12.0 Å². The van der Waals surface area contributed by atoms with Gasteiger partial charge < -0.3 is 5.73 Å². The average molecular weight is 317 g/mol. The second-order valence-electron chi connectivity index (χ2n) is 5.53. The van der Waals surface area contributed by atoms with E-state index in [1.165, 1.54) is 6.07 Å². The molecule has 0 radical (unpaired) electrons. The maximum Gasteiger partial charge on any atom is 0.243 e. The van der Waals surface area contributed by atoms with Gasteiger partial charge in [0.05, 0.1) is 4.90 Å². The minimum atomic E-state index is -3.49. The molecule has 2 N–H and O–H groups in total. The molecule has 1 aliphatic heterocycles. The minimum absolute atomic E-state index is 0.220. The summed E-state index contributed by atoms with van der Waals surface area (Å²) in [6, 6.07) is 4.97. The van der Waals surface area contributed by atoms with E-state index < -0.39 is 10.0 Å². The van der Waals surface area contributed by atoms with Crippen molar-refractivity contribution >= 4 is 21.6 Å². The number of rotatable bonds is 3. The van der Waals surface area contributed by atoms with Crippen molar-refractivity contribution in [1.29, 1.82) is 0 Å². The first kappa shape index (κ1) is 15.8. The van der Waals surface area contributed by atoms with Crippen molar-refractivity contribution in [3.8, 4) is 0 Å². The lowest BCUT2D eigenvalue weighted by Gasteiger charge is -2.35. The van der Waals surface area contributed by atoms with Crippen molar-refractivity contribution < 1.29 is 8.42 Å². The fourth-order valence-corrected chi connectivity index (χ4v) is 4.63. The van der Waals surface area contributed by atoms with Crippen LogP contribution in [0.25, 0.3) is 0 Å². The first-order valence-electron chi connectivity index (χ1n) is 6.82. The molecule has 1 aliphatic rings. The summed E-state index contributed by atoms with van der Waals surface area (Å²) >= 11 is 5.94. The summed E-state index contributed by atoms with van der Waals surface area (Å²) in [5.41, 5.74) is 6.47. The summed E-state index contributed by atoms with van der Waals surface area (Å²) in [4.78, 5) is 0.301. The Kier molecular flexibility index (Phi) is 4.74. The van der Waals surface area contributed by atoms with Crippen LogP contribution in [-0.2, 0) is 10.0 Å². The molecule has 1 aromatic rings. The van der Waals surface area contributed by atoms with Gasteiger partial charge in [-0.05, 0) is 49.4 Å². The van der Waals surface area contributed by atoms with Gasteiger partial charge in [-0.3, -0.25) is 0 Å². The fraction of sp³-hybridized carbons (Fsp3) is 0.571. The highest BCUT2D eigenvalue weighted by Gasteiger charge is 2.33. The first-order valence-corrected chi connectivity index (χ1v) is 8.64. The second kappa shape index (κ2) is 6.02. The lowest BCUT2D eigenvalue weighted by atomic mass is 9.88. The van der Waals surface area contributed by atoms with E-state index in [1.54, 1.807) is 23.4 Å². The number of sulfonamides is 1. The summed E-state index contributed by atoms with van der Waals surface area (Å²) in [6.07, 6.45) is 0.848. The zero-order chi connectivity index (χ0) is 14.9. The van der Waals surface area contributed by atoms with Crippen LogP contribution in [0, 0.1) is 18.8 Å². The Morgan fingerprint density at radius 1 is 1.45 bits per heavy atom. The van der Waals surface area contributed by atoms with Crippen LogP contribution in [0.2, 0.25) is 5.02 Å². The molecule has 1 heterocycles. The van der Waals surface area contributed by atoms with Crippen molar-refractivity contribution in [2.24, 2.45) is 17.6 Å². The molecule has 0 aliphatic carbocycles. The molecule has 2 atom stereocenters. The number of nitrogens with zero attached hydrogens (tertiary/aromatic N) is 1. The van der Waals surface area contributed by atoms with Gasteiger partial charge in [0.1, 0.15) is 0 Å². The molecule has 6 heteroatoms. The van der Waals surface area contributed by atoms with E-state index in [9.17, 15) is 8.42 Å². The molecular formula is C14H21ClN2O2S. The van der Waals surface area contributed by atoms with E-state index in [2.05, 4.69) is 6.92 Å². The number of benzene rings is 1. The van der Waals surface area contributed by atoms with Crippen LogP contribution in [0.1, 0.15) is 18.9 Å². The Balaban J connectivity index is 2.33. The molecule has 0 bridgehead atoms. The highest BCUT2D eigenvalue weighted by atomic mass is 35.5. The zero-order valence-corrected chi connectivity index (χ0v) is 13.4. The van der Waals surface area contributed by atoms with E-state index in [4.69, 9.17) is 17.3 Å². The summed E-state index contributed by atoms with van der Waals surface area (Å²) < 4.78 is 27.1. The topological polar surface area (TPSA) is 63.4 Å². The smallest absolute Gasteiger partial charge is 0.243 e. The Morgan fingerprint density at radius 2 is 2.15 bits per heavy atom. The molecule has 4 nitrogen and oxygen atoms in total. The molecule has 1 fully saturated rings. The molecule has 1 aromatic carbocycles. The van der Waals surface area contributed by atoms with Crippen LogP contribution in [0.5, 0.6) is 0 Å². The van der Waals surface area contributed by atoms with Crippen LogP contribution in [-0.4, -0.2) is 32.4 Å². The van der Waals surface area contributed by atoms with Gasteiger partial charge in [0.15, 0.2) is 0 Å². The van der Waals surface area contributed by atoms with Crippen molar-refractivity contribution in [1.82, 2.24) is 4.31 Å². The predicted octanol–water partition coefficient (Wildman–Crippen LogP) is 2.25. The van der Waals surface area contributed by atoms with Crippen molar-refractivity contribution in [2.45, 2.75) is 25.2 Å². The number of aryl methyl sites for hydroxylation is 1. The van der Waals surface area contributed by atoms with Crippen molar-refractivity contribution in [2.75, 3.05) is 19.6 Å². The van der Waals surface area contributed by atoms with Crippen molar-refractivity contribution in [3.05, 3.63) is 28.8 Å². The maximum absolute atomic E-state index is 12.8. The standard InChI is InChI=1S/C14H21ClN2O2S/c1-10-5-6-17(9-12(10)8-16)20(18,19)14-7-13(15)4-3-11(14)2/h3-4,7,10,12H,5-6,8-9,16H2,1-2H3. The van der Waals surface area contributed by atoms with Gasteiger partial charge in [-0.15, -0.1) is 0 Å². The van der Waals surface area contributed by atoms with Crippen molar-refractivity contribution in [3.63, 3.8) is 0 Å². The van der Waals surface area contributed by atoms with Gasteiger partial charge >= 0.3 is 0 Å². The van der Waals surface area contributed by atoms with E-state index in [1.807, 2.05) is 0 Å². The van der Waals surface area contributed by atoms with Gasteiger partial charge in [0, 0.05) is 18.1 Å². The summed E-state index contributed by atoms with van der Waals surface area (Å²) in [6.45, 7) is 5.47. The second-order valence-corrected chi connectivity index (χ2v) is 7.88. The number of hydrogen-bond acceptors (Lipinski definition) is 3. The molecule has 2 unspecified atom stereocenters. The average Bonchev–Trinajstić information content (AvgIpc) is 2.41. The van der Waals surface area contributed by atoms with Gasteiger partial charge in [-0.25, -0.2) is 8.42 Å². The quantitative estimate of drug-likeness (QED) is 0.930. The first-order chi connectivity index (χ1) is 9.36. The van der Waals surface area contributed by atoms with Crippen LogP contribution < -0.4 is 5.73 Å². The molecule has 20 heavy (non-hydrogen) atoms. The number of nitrogens with two attached hydrogens (primary N) is 1. The Bertz CT molecular complexity index is 589. The maximum atomic E-state index is 12.8. The number of hydrogen-bond donors (Lipinski definition) is 1. The third-order valence-electron chi connectivity index (χ3n) is 4.15. The third kappa shape index (κ3) is 3.01. The number of halogens is 1. The van der Waals surface area contributed by atoms with E-state index in [-0.39, 0.29) is 5.92 Å². The molecule has 0 aromatic heterocycles. The lowest BCUT2D eigenvalue weighted by molar-refractivity contribution is 0.203. The summed E-state index contributed by atoms with van der Waals surface area (Å²) in [5, 5.41) is 0.440. The van der Waals surface area contributed by atoms with Gasteiger partial charge in [0.25, 0.3) is 0 Å².